The molecule has 0 amide bonds. The quantitative estimate of drug-likeness (QED) is 0.775. The van der Waals surface area contributed by atoms with E-state index in [0.29, 0.717) is 0 Å². The van der Waals surface area contributed by atoms with Gasteiger partial charge < -0.3 is 0 Å². The van der Waals surface area contributed by atoms with E-state index in [1.807, 2.05) is 26.8 Å². The van der Waals surface area contributed by atoms with E-state index in [4.69, 9.17) is 0 Å². The van der Waals surface area contributed by atoms with Crippen molar-refractivity contribution in [1.29, 1.82) is 5.26 Å². The van der Waals surface area contributed by atoms with Gasteiger partial charge in [0.2, 0.25) is 0 Å². The Labute approximate surface area is 126 Å². The number of aryl methyl sites for hydroxylation is 2. The number of hydrogen-bond donors (Lipinski definition) is 0. The SMILES string of the molecule is Cc1ccc(Br)cc1-c1nc(C)c(C(C)(C)C#N)s1. The average Bonchev–Trinajstić information content (AvgIpc) is 2.75. The molecule has 0 saturated heterocycles. The third kappa shape index (κ3) is 2.72. The first-order chi connectivity index (χ1) is 8.85. The van der Waals surface area contributed by atoms with E-state index in [2.05, 4.69) is 46.0 Å². The third-order valence-electron chi connectivity index (χ3n) is 3.07. The Bertz CT molecular complexity index is 665. The topological polar surface area (TPSA) is 36.7 Å². The molecule has 0 saturated carbocycles. The van der Waals surface area contributed by atoms with Gasteiger partial charge in [-0.2, -0.15) is 5.26 Å². The maximum Gasteiger partial charge on any atom is 0.124 e. The van der Waals surface area contributed by atoms with Gasteiger partial charge in [-0.05, 0) is 45.4 Å². The number of hydrogen-bond acceptors (Lipinski definition) is 3. The average molecular weight is 335 g/mol. The van der Waals surface area contributed by atoms with E-state index in [1.54, 1.807) is 11.3 Å². The summed E-state index contributed by atoms with van der Waals surface area (Å²) in [6.45, 7) is 7.92. The maximum absolute atomic E-state index is 9.27. The number of nitriles is 1. The van der Waals surface area contributed by atoms with Gasteiger partial charge in [0, 0.05) is 14.9 Å². The predicted molar refractivity (Wildman–Crippen MR) is 83.4 cm³/mol. The van der Waals surface area contributed by atoms with Gasteiger partial charge >= 0.3 is 0 Å². The normalized spacial score (nSPS) is 11.4. The van der Waals surface area contributed by atoms with Crippen LogP contribution >= 0.6 is 27.3 Å². The van der Waals surface area contributed by atoms with Gasteiger partial charge in [-0.25, -0.2) is 4.98 Å². The molecule has 2 rings (SSSR count). The minimum Gasteiger partial charge on any atom is -0.241 e. The van der Waals surface area contributed by atoms with Crippen LogP contribution in [0.3, 0.4) is 0 Å². The number of thiazole rings is 1. The zero-order valence-corrected chi connectivity index (χ0v) is 13.8. The van der Waals surface area contributed by atoms with E-state index in [-0.39, 0.29) is 0 Å². The number of aromatic nitrogens is 1. The van der Waals surface area contributed by atoms with Gasteiger partial charge in [0.25, 0.3) is 0 Å². The molecular formula is C15H15BrN2S. The molecular weight excluding hydrogens is 320 g/mol. The van der Waals surface area contributed by atoms with E-state index in [9.17, 15) is 5.26 Å². The molecule has 2 nitrogen and oxygen atoms in total. The third-order valence-corrected chi connectivity index (χ3v) is 5.08. The van der Waals surface area contributed by atoms with Crippen LogP contribution in [0.1, 0.15) is 30.0 Å². The lowest BCUT2D eigenvalue weighted by atomic mass is 9.93. The van der Waals surface area contributed by atoms with Crippen molar-refractivity contribution >= 4 is 27.3 Å². The second-order valence-electron chi connectivity index (χ2n) is 5.13. The molecule has 0 N–H and O–H groups in total. The van der Waals surface area contributed by atoms with Crippen LogP contribution in [-0.2, 0) is 5.41 Å². The molecule has 98 valence electrons. The molecule has 0 aliphatic rings. The fourth-order valence-corrected chi connectivity index (χ4v) is 3.53. The summed E-state index contributed by atoms with van der Waals surface area (Å²) in [5, 5.41) is 10.3. The van der Waals surface area contributed by atoms with Crippen molar-refractivity contribution in [1.82, 2.24) is 4.98 Å². The minimum atomic E-state index is -0.486. The number of nitrogens with zero attached hydrogens (tertiary/aromatic N) is 2. The van der Waals surface area contributed by atoms with Crippen LogP contribution in [-0.4, -0.2) is 4.98 Å². The lowest BCUT2D eigenvalue weighted by Gasteiger charge is -2.12. The molecule has 0 spiro atoms. The second-order valence-corrected chi connectivity index (χ2v) is 7.04. The molecule has 1 aromatic carbocycles. The Morgan fingerprint density at radius 1 is 1.32 bits per heavy atom. The van der Waals surface area contributed by atoms with E-state index >= 15 is 0 Å². The molecule has 0 atom stereocenters. The van der Waals surface area contributed by atoms with Crippen molar-refractivity contribution in [3.63, 3.8) is 0 Å². The minimum absolute atomic E-state index is 0.486. The standard InChI is InChI=1S/C15H15BrN2S/c1-9-5-6-11(16)7-12(9)14-18-10(2)13(19-14)15(3,4)8-17/h5-7H,1-4H3. The van der Waals surface area contributed by atoms with Crippen molar-refractivity contribution in [2.24, 2.45) is 0 Å². The monoisotopic (exact) mass is 334 g/mol. The molecule has 2 aromatic rings. The van der Waals surface area contributed by atoms with Gasteiger partial charge in [0.15, 0.2) is 0 Å². The molecule has 1 heterocycles. The van der Waals surface area contributed by atoms with Crippen LogP contribution in [0.25, 0.3) is 10.6 Å². The summed E-state index contributed by atoms with van der Waals surface area (Å²) >= 11 is 5.11. The van der Waals surface area contributed by atoms with Crippen LogP contribution in [0.2, 0.25) is 0 Å². The molecule has 0 aliphatic carbocycles. The Morgan fingerprint density at radius 3 is 2.63 bits per heavy atom. The first-order valence-corrected chi connectivity index (χ1v) is 7.62. The van der Waals surface area contributed by atoms with Crippen LogP contribution in [0.15, 0.2) is 22.7 Å². The molecule has 19 heavy (non-hydrogen) atoms. The van der Waals surface area contributed by atoms with E-state index < -0.39 is 5.41 Å². The Morgan fingerprint density at radius 2 is 2.00 bits per heavy atom. The smallest absolute Gasteiger partial charge is 0.124 e. The molecule has 0 bridgehead atoms. The van der Waals surface area contributed by atoms with Crippen molar-refractivity contribution < 1.29 is 0 Å². The largest absolute Gasteiger partial charge is 0.241 e. The zero-order valence-electron chi connectivity index (χ0n) is 11.4. The highest BCUT2D eigenvalue weighted by Gasteiger charge is 2.26. The van der Waals surface area contributed by atoms with Crippen LogP contribution in [0.5, 0.6) is 0 Å². The van der Waals surface area contributed by atoms with Crippen molar-refractivity contribution in [3.8, 4) is 16.6 Å². The highest BCUT2D eigenvalue weighted by Crippen LogP contribution is 2.37. The molecule has 0 aliphatic heterocycles. The van der Waals surface area contributed by atoms with E-state index in [0.717, 1.165) is 25.6 Å². The summed E-state index contributed by atoms with van der Waals surface area (Å²) in [5.41, 5.74) is 2.78. The zero-order chi connectivity index (χ0) is 14.2. The first kappa shape index (κ1) is 14.2. The van der Waals surface area contributed by atoms with Crippen LogP contribution < -0.4 is 0 Å². The lowest BCUT2D eigenvalue weighted by molar-refractivity contribution is 0.695. The summed E-state index contributed by atoms with van der Waals surface area (Å²) in [7, 11) is 0. The van der Waals surface area contributed by atoms with Gasteiger partial charge in [0.1, 0.15) is 5.01 Å². The number of benzene rings is 1. The fourth-order valence-electron chi connectivity index (χ4n) is 1.97. The first-order valence-electron chi connectivity index (χ1n) is 6.01. The molecule has 1 aromatic heterocycles. The Balaban J connectivity index is 2.58. The van der Waals surface area contributed by atoms with Crippen LogP contribution in [0.4, 0.5) is 0 Å². The van der Waals surface area contributed by atoms with Crippen LogP contribution in [0, 0.1) is 25.2 Å². The van der Waals surface area contributed by atoms with Crippen molar-refractivity contribution in [2.45, 2.75) is 33.1 Å². The fraction of sp³-hybridized carbons (Fsp3) is 0.333. The van der Waals surface area contributed by atoms with Crippen molar-refractivity contribution in [2.75, 3.05) is 0 Å². The summed E-state index contributed by atoms with van der Waals surface area (Å²) in [6, 6.07) is 8.53. The lowest BCUT2D eigenvalue weighted by Crippen LogP contribution is -2.13. The molecule has 0 fully saturated rings. The van der Waals surface area contributed by atoms with Crippen molar-refractivity contribution in [3.05, 3.63) is 38.8 Å². The highest BCUT2D eigenvalue weighted by molar-refractivity contribution is 9.10. The van der Waals surface area contributed by atoms with E-state index in [1.165, 1.54) is 5.56 Å². The van der Waals surface area contributed by atoms with Gasteiger partial charge in [-0.15, -0.1) is 11.3 Å². The van der Waals surface area contributed by atoms with Gasteiger partial charge in [0.05, 0.1) is 17.2 Å². The Hall–Kier alpha value is -1.18. The summed E-state index contributed by atoms with van der Waals surface area (Å²) in [5.74, 6) is 0. The summed E-state index contributed by atoms with van der Waals surface area (Å²) in [4.78, 5) is 5.69. The summed E-state index contributed by atoms with van der Waals surface area (Å²) < 4.78 is 1.04. The highest BCUT2D eigenvalue weighted by atomic mass is 79.9. The van der Waals surface area contributed by atoms with Gasteiger partial charge in [-0.3, -0.25) is 0 Å². The van der Waals surface area contributed by atoms with Gasteiger partial charge in [-0.1, -0.05) is 22.0 Å². The number of rotatable bonds is 2. The molecule has 4 heteroatoms. The second kappa shape index (κ2) is 5.07. The Kier molecular flexibility index (Phi) is 3.80. The predicted octanol–water partition coefficient (Wildman–Crippen LogP) is 4.99. The maximum atomic E-state index is 9.27. The summed E-state index contributed by atoms with van der Waals surface area (Å²) in [6.07, 6.45) is 0. The molecule has 0 radical (unpaired) electrons. The number of halogens is 1. The molecule has 0 unspecified atom stereocenters.